The fourth-order valence-electron chi connectivity index (χ4n) is 1.22. The topological polar surface area (TPSA) is 79.5 Å². The minimum Gasteiger partial charge on any atom is -0.477 e. The van der Waals surface area contributed by atoms with Crippen LogP contribution in [0.3, 0.4) is 0 Å². The van der Waals surface area contributed by atoms with E-state index in [1.54, 1.807) is 13.2 Å². The van der Waals surface area contributed by atoms with Gasteiger partial charge in [-0.1, -0.05) is 0 Å². The van der Waals surface area contributed by atoms with Crippen LogP contribution in [0.2, 0.25) is 0 Å². The molecule has 0 aliphatic heterocycles. The Morgan fingerprint density at radius 2 is 2.40 bits per heavy atom. The van der Waals surface area contributed by atoms with E-state index in [1.807, 2.05) is 0 Å². The minimum absolute atomic E-state index is 0.0203. The molecule has 0 spiro atoms. The number of aromatic nitrogens is 3. The van der Waals surface area contributed by atoms with Crippen LogP contribution in [0.4, 0.5) is 5.82 Å². The average molecular weight is 271 g/mol. The summed E-state index contributed by atoms with van der Waals surface area (Å²) in [5, 5.41) is 15.8. The lowest BCUT2D eigenvalue weighted by Crippen LogP contribution is -2.07. The largest absolute Gasteiger partial charge is 0.477 e. The third kappa shape index (κ3) is 1.54. The van der Waals surface area contributed by atoms with Crippen LogP contribution in [0.1, 0.15) is 10.5 Å². The van der Waals surface area contributed by atoms with E-state index in [0.29, 0.717) is 15.9 Å². The number of rotatable bonds is 2. The molecule has 0 aliphatic carbocycles. The van der Waals surface area contributed by atoms with Gasteiger partial charge in [0.05, 0.1) is 10.7 Å². The number of halogens is 1. The number of carboxylic acid groups (broad SMARTS) is 1. The van der Waals surface area contributed by atoms with Crippen molar-refractivity contribution in [2.75, 3.05) is 12.4 Å². The third-order valence-corrected chi connectivity index (χ3v) is 2.46. The number of carbonyl (C=O) groups is 1. The van der Waals surface area contributed by atoms with E-state index in [2.05, 4.69) is 31.3 Å². The van der Waals surface area contributed by atoms with Crippen molar-refractivity contribution < 1.29 is 9.90 Å². The number of carboxylic acids is 1. The van der Waals surface area contributed by atoms with E-state index in [-0.39, 0.29) is 5.69 Å². The highest BCUT2D eigenvalue weighted by Gasteiger charge is 2.12. The summed E-state index contributed by atoms with van der Waals surface area (Å²) in [7, 11) is 1.69. The molecule has 2 aromatic rings. The molecule has 0 atom stereocenters. The number of anilines is 1. The predicted molar refractivity (Wildman–Crippen MR) is 57.2 cm³/mol. The molecule has 0 aromatic carbocycles. The maximum absolute atomic E-state index is 10.8. The lowest BCUT2D eigenvalue weighted by molar-refractivity contribution is 0.0690. The van der Waals surface area contributed by atoms with Gasteiger partial charge >= 0.3 is 5.97 Å². The monoisotopic (exact) mass is 270 g/mol. The summed E-state index contributed by atoms with van der Waals surface area (Å²) in [6.07, 6.45) is 1.56. The molecule has 2 heterocycles. The van der Waals surface area contributed by atoms with Crippen molar-refractivity contribution in [3.63, 3.8) is 0 Å². The lowest BCUT2D eigenvalue weighted by Gasteiger charge is -2.04. The lowest BCUT2D eigenvalue weighted by atomic mass is 10.4. The van der Waals surface area contributed by atoms with Crippen molar-refractivity contribution >= 4 is 33.4 Å². The fraction of sp³-hybridized carbons (Fsp3) is 0.125. The van der Waals surface area contributed by atoms with E-state index < -0.39 is 5.97 Å². The van der Waals surface area contributed by atoms with E-state index >= 15 is 0 Å². The first-order valence-electron chi connectivity index (χ1n) is 4.09. The van der Waals surface area contributed by atoms with E-state index in [9.17, 15) is 4.79 Å². The number of nitrogens with zero attached hydrogens (tertiary/aromatic N) is 3. The third-order valence-electron chi connectivity index (χ3n) is 1.90. The van der Waals surface area contributed by atoms with Gasteiger partial charge in [-0.05, 0) is 15.9 Å². The molecular weight excluding hydrogens is 264 g/mol. The van der Waals surface area contributed by atoms with E-state index in [1.165, 1.54) is 10.6 Å². The molecular formula is C8H7BrN4O2. The maximum atomic E-state index is 10.8. The number of hydrogen-bond acceptors (Lipinski definition) is 4. The summed E-state index contributed by atoms with van der Waals surface area (Å²) in [5.41, 5.74) is 0.451. The first-order valence-corrected chi connectivity index (χ1v) is 4.88. The van der Waals surface area contributed by atoms with Gasteiger partial charge in [-0.15, -0.1) is 0 Å². The van der Waals surface area contributed by atoms with Crippen molar-refractivity contribution in [1.82, 2.24) is 14.6 Å². The molecule has 0 aliphatic rings. The second kappa shape index (κ2) is 3.50. The summed E-state index contributed by atoms with van der Waals surface area (Å²) in [4.78, 5) is 14.8. The van der Waals surface area contributed by atoms with Gasteiger partial charge in [-0.3, -0.25) is 0 Å². The zero-order valence-corrected chi connectivity index (χ0v) is 9.32. The Labute approximate surface area is 93.1 Å². The molecule has 2 aromatic heterocycles. The van der Waals surface area contributed by atoms with Crippen LogP contribution in [0.15, 0.2) is 16.7 Å². The molecule has 7 heteroatoms. The molecule has 0 fully saturated rings. The molecule has 2 rings (SSSR count). The molecule has 78 valence electrons. The van der Waals surface area contributed by atoms with Crippen LogP contribution in [-0.4, -0.2) is 32.7 Å². The molecule has 0 saturated heterocycles. The molecule has 0 unspecified atom stereocenters. The van der Waals surface area contributed by atoms with E-state index in [0.717, 1.165) is 0 Å². The van der Waals surface area contributed by atoms with Gasteiger partial charge in [0.1, 0.15) is 5.82 Å². The molecule has 0 saturated carbocycles. The standard InChI is InChI=1S/C8H7BrN4O2/c1-10-6-2-5(8(14)15)12-7-4(9)3-11-13(6)7/h2-3,10H,1H3,(H,14,15). The van der Waals surface area contributed by atoms with Crippen LogP contribution in [0, 0.1) is 0 Å². The van der Waals surface area contributed by atoms with Gasteiger partial charge in [0, 0.05) is 13.1 Å². The highest BCUT2D eigenvalue weighted by molar-refractivity contribution is 9.10. The summed E-state index contributed by atoms with van der Waals surface area (Å²) in [6.45, 7) is 0. The Morgan fingerprint density at radius 1 is 1.67 bits per heavy atom. The number of nitrogens with one attached hydrogen (secondary N) is 1. The Balaban J connectivity index is 2.79. The number of aromatic carboxylic acids is 1. The quantitative estimate of drug-likeness (QED) is 0.858. The Hall–Kier alpha value is -1.63. The predicted octanol–water partition coefficient (Wildman–Crippen LogP) is 1.23. The highest BCUT2D eigenvalue weighted by atomic mass is 79.9. The highest BCUT2D eigenvalue weighted by Crippen LogP contribution is 2.19. The van der Waals surface area contributed by atoms with Crippen LogP contribution < -0.4 is 5.32 Å². The van der Waals surface area contributed by atoms with Crippen LogP contribution >= 0.6 is 15.9 Å². The zero-order chi connectivity index (χ0) is 11.0. The Morgan fingerprint density at radius 3 is 3.00 bits per heavy atom. The molecule has 15 heavy (non-hydrogen) atoms. The van der Waals surface area contributed by atoms with E-state index in [4.69, 9.17) is 5.11 Å². The Bertz CT molecular complexity index is 537. The van der Waals surface area contributed by atoms with Crippen LogP contribution in [0.5, 0.6) is 0 Å². The molecule has 0 radical (unpaired) electrons. The first-order chi connectivity index (χ1) is 7.13. The van der Waals surface area contributed by atoms with Crippen molar-refractivity contribution in [2.24, 2.45) is 0 Å². The van der Waals surface area contributed by atoms with Gasteiger partial charge < -0.3 is 10.4 Å². The summed E-state index contributed by atoms with van der Waals surface area (Å²) in [5.74, 6) is -0.495. The number of fused-ring (bicyclic) bond motifs is 1. The fourth-order valence-corrected chi connectivity index (χ4v) is 1.57. The van der Waals surface area contributed by atoms with Gasteiger partial charge in [0.25, 0.3) is 0 Å². The van der Waals surface area contributed by atoms with Crippen molar-refractivity contribution in [3.8, 4) is 0 Å². The maximum Gasteiger partial charge on any atom is 0.354 e. The summed E-state index contributed by atoms with van der Waals surface area (Å²) in [6, 6.07) is 1.43. The average Bonchev–Trinajstić information content (AvgIpc) is 2.59. The summed E-state index contributed by atoms with van der Waals surface area (Å²) < 4.78 is 2.18. The molecule has 6 nitrogen and oxygen atoms in total. The van der Waals surface area contributed by atoms with Gasteiger partial charge in [0.2, 0.25) is 0 Å². The van der Waals surface area contributed by atoms with Gasteiger partial charge in [-0.2, -0.15) is 9.61 Å². The van der Waals surface area contributed by atoms with Crippen molar-refractivity contribution in [3.05, 3.63) is 22.4 Å². The molecule has 2 N–H and O–H groups in total. The van der Waals surface area contributed by atoms with Gasteiger partial charge in [-0.25, -0.2) is 9.78 Å². The van der Waals surface area contributed by atoms with Crippen molar-refractivity contribution in [1.29, 1.82) is 0 Å². The Kier molecular flexibility index (Phi) is 2.31. The smallest absolute Gasteiger partial charge is 0.354 e. The minimum atomic E-state index is -1.07. The van der Waals surface area contributed by atoms with Crippen LogP contribution in [0.25, 0.3) is 5.65 Å². The zero-order valence-electron chi connectivity index (χ0n) is 7.73. The second-order valence-electron chi connectivity index (χ2n) is 2.81. The molecule has 0 amide bonds. The second-order valence-corrected chi connectivity index (χ2v) is 3.66. The molecule has 0 bridgehead atoms. The van der Waals surface area contributed by atoms with Crippen LogP contribution in [-0.2, 0) is 0 Å². The first kappa shape index (κ1) is 9.91. The number of hydrogen-bond donors (Lipinski definition) is 2. The van der Waals surface area contributed by atoms with Gasteiger partial charge in [0.15, 0.2) is 11.3 Å². The normalized spacial score (nSPS) is 10.5. The van der Waals surface area contributed by atoms with Crippen molar-refractivity contribution in [2.45, 2.75) is 0 Å². The SMILES string of the molecule is CNc1cc(C(=O)O)nc2c(Br)cnn12. The summed E-state index contributed by atoms with van der Waals surface area (Å²) >= 11 is 3.25.